The second-order valence-corrected chi connectivity index (χ2v) is 12.8. The minimum absolute atomic E-state index is 0.933. The van der Waals surface area contributed by atoms with Crippen LogP contribution in [0.15, 0.2) is 147 Å². The Balaban J connectivity index is 1.69. The summed E-state index contributed by atoms with van der Waals surface area (Å²) in [6.07, 6.45) is 0. The monoisotopic (exact) mass is 732 g/mol. The zero-order valence-electron chi connectivity index (χ0n) is 22.3. The average Bonchev–Trinajstić information content (AvgIpc) is 3.43. The Labute approximate surface area is 269 Å². The van der Waals surface area contributed by atoms with Crippen molar-refractivity contribution in [2.45, 2.75) is 0 Å². The second-order valence-electron chi connectivity index (χ2n) is 10.1. The Morgan fingerprint density at radius 2 is 0.833 bits per heavy atom. The summed E-state index contributed by atoms with van der Waals surface area (Å²) in [7, 11) is 0. The SMILES string of the molecule is Brc1ccc(-c2nc(-c3ccc(Br)cc3)c3c(-c4ccccc4)c(-c4ccc(Br)cc4)[nH]c3c2-c2ccccc2)cc1. The minimum Gasteiger partial charge on any atom is -0.353 e. The molecule has 0 atom stereocenters. The first-order valence-electron chi connectivity index (χ1n) is 13.5. The molecule has 2 aromatic heterocycles. The predicted molar refractivity (Wildman–Crippen MR) is 186 cm³/mol. The van der Waals surface area contributed by atoms with Gasteiger partial charge < -0.3 is 4.98 Å². The summed E-state index contributed by atoms with van der Waals surface area (Å²) in [5, 5.41) is 1.10. The molecule has 1 N–H and O–H groups in total. The van der Waals surface area contributed by atoms with Crippen LogP contribution in [0.1, 0.15) is 0 Å². The van der Waals surface area contributed by atoms with Crippen LogP contribution in [0.2, 0.25) is 0 Å². The quantitative estimate of drug-likeness (QED) is 0.187. The van der Waals surface area contributed by atoms with Crippen molar-refractivity contribution in [3.8, 4) is 56.0 Å². The molecule has 2 nitrogen and oxygen atoms in total. The molecule has 0 saturated carbocycles. The Morgan fingerprint density at radius 1 is 0.405 bits per heavy atom. The molecule has 0 aliphatic carbocycles. The molecular formula is C37H23Br3N2. The van der Waals surface area contributed by atoms with E-state index in [-0.39, 0.29) is 0 Å². The molecule has 0 bridgehead atoms. The molecule has 0 aliphatic heterocycles. The van der Waals surface area contributed by atoms with Crippen LogP contribution in [0.4, 0.5) is 0 Å². The predicted octanol–water partition coefficient (Wildman–Crippen LogP) is 12.2. The van der Waals surface area contributed by atoms with Crippen molar-refractivity contribution < 1.29 is 0 Å². The molecule has 0 saturated heterocycles. The van der Waals surface area contributed by atoms with Crippen LogP contribution in [-0.2, 0) is 0 Å². The van der Waals surface area contributed by atoms with Gasteiger partial charge in [-0.2, -0.15) is 0 Å². The van der Waals surface area contributed by atoms with Gasteiger partial charge in [0.1, 0.15) is 0 Å². The maximum atomic E-state index is 5.53. The lowest BCUT2D eigenvalue weighted by Gasteiger charge is -2.16. The van der Waals surface area contributed by atoms with Crippen molar-refractivity contribution in [1.29, 1.82) is 0 Å². The van der Waals surface area contributed by atoms with Gasteiger partial charge in [-0.05, 0) is 53.1 Å². The van der Waals surface area contributed by atoms with Crippen molar-refractivity contribution in [2.75, 3.05) is 0 Å². The van der Waals surface area contributed by atoms with Crippen LogP contribution in [0, 0.1) is 0 Å². The van der Waals surface area contributed by atoms with E-state index in [1.807, 2.05) is 0 Å². The molecule has 0 radical (unpaired) electrons. The Morgan fingerprint density at radius 3 is 1.33 bits per heavy atom. The highest BCUT2D eigenvalue weighted by atomic mass is 79.9. The molecule has 0 amide bonds. The van der Waals surface area contributed by atoms with Gasteiger partial charge in [-0.25, -0.2) is 4.98 Å². The van der Waals surface area contributed by atoms with E-state index in [0.717, 1.165) is 80.3 Å². The molecule has 2 heterocycles. The number of fused-ring (bicyclic) bond motifs is 1. The van der Waals surface area contributed by atoms with Gasteiger partial charge >= 0.3 is 0 Å². The fourth-order valence-corrected chi connectivity index (χ4v) is 6.31. The maximum Gasteiger partial charge on any atom is 0.0810 e. The van der Waals surface area contributed by atoms with Crippen molar-refractivity contribution >= 4 is 58.7 Å². The number of rotatable bonds is 5. The van der Waals surface area contributed by atoms with Gasteiger partial charge in [-0.3, -0.25) is 0 Å². The molecule has 0 aliphatic rings. The summed E-state index contributed by atoms with van der Waals surface area (Å²) in [5.74, 6) is 0. The molecule has 7 aromatic rings. The number of hydrogen-bond donors (Lipinski definition) is 1. The van der Waals surface area contributed by atoms with E-state index in [4.69, 9.17) is 4.98 Å². The third kappa shape index (κ3) is 5.06. The highest BCUT2D eigenvalue weighted by molar-refractivity contribution is 9.11. The first-order valence-corrected chi connectivity index (χ1v) is 15.9. The molecular weight excluding hydrogens is 712 g/mol. The van der Waals surface area contributed by atoms with Gasteiger partial charge in [0, 0.05) is 41.1 Å². The minimum atomic E-state index is 0.933. The largest absolute Gasteiger partial charge is 0.353 e. The first-order chi connectivity index (χ1) is 20.6. The van der Waals surface area contributed by atoms with E-state index < -0.39 is 0 Å². The van der Waals surface area contributed by atoms with Crippen LogP contribution in [0.25, 0.3) is 66.9 Å². The topological polar surface area (TPSA) is 28.7 Å². The van der Waals surface area contributed by atoms with Gasteiger partial charge in [-0.1, -0.05) is 145 Å². The summed E-state index contributed by atoms with van der Waals surface area (Å²) in [4.78, 5) is 9.46. The molecule has 5 heteroatoms. The van der Waals surface area contributed by atoms with E-state index in [1.165, 1.54) is 0 Å². The summed E-state index contributed by atoms with van der Waals surface area (Å²) >= 11 is 10.9. The van der Waals surface area contributed by atoms with E-state index in [2.05, 4.69) is 186 Å². The molecule has 0 unspecified atom stereocenters. The molecule has 7 rings (SSSR count). The van der Waals surface area contributed by atoms with E-state index in [9.17, 15) is 0 Å². The van der Waals surface area contributed by atoms with Gasteiger partial charge in [-0.15, -0.1) is 0 Å². The number of nitrogens with zero attached hydrogens (tertiary/aromatic N) is 1. The van der Waals surface area contributed by atoms with Crippen LogP contribution in [0.3, 0.4) is 0 Å². The number of aromatic nitrogens is 2. The lowest BCUT2D eigenvalue weighted by Crippen LogP contribution is -1.96. The fourth-order valence-electron chi connectivity index (χ4n) is 5.51. The zero-order chi connectivity index (χ0) is 28.6. The van der Waals surface area contributed by atoms with Crippen molar-refractivity contribution in [1.82, 2.24) is 9.97 Å². The Kier molecular flexibility index (Phi) is 7.41. The van der Waals surface area contributed by atoms with Crippen LogP contribution >= 0.6 is 47.8 Å². The summed E-state index contributed by atoms with van der Waals surface area (Å²) < 4.78 is 3.11. The van der Waals surface area contributed by atoms with Gasteiger partial charge in [0.05, 0.1) is 22.6 Å². The van der Waals surface area contributed by atoms with Crippen LogP contribution < -0.4 is 0 Å². The van der Waals surface area contributed by atoms with Crippen molar-refractivity contribution in [2.24, 2.45) is 0 Å². The van der Waals surface area contributed by atoms with Crippen LogP contribution in [0.5, 0.6) is 0 Å². The van der Waals surface area contributed by atoms with E-state index in [0.29, 0.717) is 0 Å². The Hall–Kier alpha value is -3.77. The lowest BCUT2D eigenvalue weighted by molar-refractivity contribution is 1.34. The molecule has 5 aromatic carbocycles. The molecule has 0 fully saturated rings. The van der Waals surface area contributed by atoms with E-state index in [1.54, 1.807) is 0 Å². The third-order valence-electron chi connectivity index (χ3n) is 7.44. The fraction of sp³-hybridized carbons (Fsp3) is 0. The lowest BCUT2D eigenvalue weighted by atomic mass is 9.91. The van der Waals surface area contributed by atoms with Crippen LogP contribution in [-0.4, -0.2) is 9.97 Å². The number of aromatic amines is 1. The third-order valence-corrected chi connectivity index (χ3v) is 9.03. The summed E-state index contributed by atoms with van der Waals surface area (Å²) in [5.41, 5.74) is 11.7. The first kappa shape index (κ1) is 27.1. The van der Waals surface area contributed by atoms with Crippen molar-refractivity contribution in [3.63, 3.8) is 0 Å². The van der Waals surface area contributed by atoms with E-state index >= 15 is 0 Å². The molecule has 202 valence electrons. The number of nitrogens with one attached hydrogen (secondary N) is 1. The Bertz CT molecular complexity index is 2010. The standard InChI is InChI=1S/C37H23Br3N2/c38-28-17-11-25(12-18-28)34-31(23-7-3-1-4-8-23)33-36(27-15-21-30(40)22-16-27)41-35(26-13-19-29(39)20-14-26)32(37(33)42-34)24-9-5-2-6-10-24/h1-22,42H. The zero-order valence-corrected chi connectivity index (χ0v) is 27.0. The summed E-state index contributed by atoms with van der Waals surface area (Å²) in [6.45, 7) is 0. The number of pyridine rings is 1. The van der Waals surface area contributed by atoms with Gasteiger partial charge in [0.2, 0.25) is 0 Å². The van der Waals surface area contributed by atoms with Gasteiger partial charge in [0.15, 0.2) is 0 Å². The summed E-state index contributed by atoms with van der Waals surface area (Å²) in [6, 6.07) is 46.5. The smallest absolute Gasteiger partial charge is 0.0810 e. The number of benzene rings is 5. The highest BCUT2D eigenvalue weighted by Gasteiger charge is 2.25. The molecule has 42 heavy (non-hydrogen) atoms. The highest BCUT2D eigenvalue weighted by Crippen LogP contribution is 2.48. The number of H-pyrrole nitrogens is 1. The number of halogens is 3. The average molecular weight is 735 g/mol. The second kappa shape index (κ2) is 11.5. The van der Waals surface area contributed by atoms with Gasteiger partial charge in [0.25, 0.3) is 0 Å². The maximum absolute atomic E-state index is 5.53. The van der Waals surface area contributed by atoms with Crippen molar-refractivity contribution in [3.05, 3.63) is 147 Å². The normalized spacial score (nSPS) is 11.2. The number of hydrogen-bond acceptors (Lipinski definition) is 1. The molecule has 0 spiro atoms.